The van der Waals surface area contributed by atoms with E-state index < -0.39 is 10.0 Å². The number of anilines is 2. The van der Waals surface area contributed by atoms with E-state index in [9.17, 15) is 8.42 Å². The van der Waals surface area contributed by atoms with E-state index >= 15 is 0 Å². The highest BCUT2D eigenvalue weighted by molar-refractivity contribution is 7.92. The summed E-state index contributed by atoms with van der Waals surface area (Å²) in [6.07, 6.45) is 2.87. The van der Waals surface area contributed by atoms with Crippen molar-refractivity contribution in [2.45, 2.75) is 19.0 Å². The molecule has 0 radical (unpaired) electrons. The number of thiocarbonyl (C=S) groups is 1. The number of nitrogens with one attached hydrogen (secondary N) is 2. The first-order valence-electron chi connectivity index (χ1n) is 9.98. The van der Waals surface area contributed by atoms with Crippen LogP contribution in [0.1, 0.15) is 29.2 Å². The number of hydrogen-bond donors (Lipinski definition) is 2. The van der Waals surface area contributed by atoms with Crippen molar-refractivity contribution in [2.75, 3.05) is 23.0 Å². The normalized spacial score (nSPS) is 18.5. The van der Waals surface area contributed by atoms with Crippen LogP contribution in [0.4, 0.5) is 11.4 Å². The van der Waals surface area contributed by atoms with Crippen molar-refractivity contribution < 1.29 is 13.2 Å². The number of hydrogen-bond acceptors (Lipinski definition) is 5. The number of rotatable bonds is 6. The molecule has 0 saturated carbocycles. The molecule has 2 N–H and O–H groups in total. The fourth-order valence-electron chi connectivity index (χ4n) is 3.99. The number of sulfonamides is 1. The first-order valence-corrected chi connectivity index (χ1v) is 12.3. The summed E-state index contributed by atoms with van der Waals surface area (Å²) < 4.78 is 33.8. The summed E-state index contributed by atoms with van der Waals surface area (Å²) in [6.45, 7) is 2.05. The molecule has 1 aromatic carbocycles. The maximum absolute atomic E-state index is 11.9. The van der Waals surface area contributed by atoms with Crippen LogP contribution in [0.15, 0.2) is 54.7 Å². The topological polar surface area (TPSA) is 88.5 Å². The summed E-state index contributed by atoms with van der Waals surface area (Å²) in [5.41, 5.74) is 4.12. The molecular formula is C22H25N5O3S2. The van der Waals surface area contributed by atoms with Crippen LogP contribution in [0.5, 0.6) is 5.75 Å². The molecule has 1 saturated heterocycles. The fourth-order valence-corrected chi connectivity index (χ4v) is 4.89. The lowest BCUT2D eigenvalue weighted by Gasteiger charge is -2.29. The van der Waals surface area contributed by atoms with E-state index in [0.717, 1.165) is 29.0 Å². The molecule has 2 aromatic heterocycles. The molecule has 0 spiro atoms. The summed E-state index contributed by atoms with van der Waals surface area (Å²) in [7, 11) is 0.0179. The van der Waals surface area contributed by atoms with Crippen LogP contribution in [0, 0.1) is 6.92 Å². The number of aryl methyl sites for hydroxylation is 1. The van der Waals surface area contributed by atoms with Gasteiger partial charge in [-0.25, -0.2) is 8.42 Å². The third-order valence-electron chi connectivity index (χ3n) is 5.57. The largest absolute Gasteiger partial charge is 0.495 e. The standard InChI is InChI=1S/C22H25N5O3S2/c1-14-8-10-18(26(14)2)21-20(16-7-5-6-12-23-16)24-22(31)27(21)15-9-11-19(30-3)17(13-15)25-32(4,28)29/h5-13,20-21,25H,1-4H3,(H,24,31)/t20-,21+/m1/s1. The van der Waals surface area contributed by atoms with Crippen molar-refractivity contribution in [3.8, 4) is 5.75 Å². The first-order chi connectivity index (χ1) is 15.2. The first kappa shape index (κ1) is 22.1. The zero-order valence-corrected chi connectivity index (χ0v) is 19.9. The Morgan fingerprint density at radius 1 is 1.19 bits per heavy atom. The lowest BCUT2D eigenvalue weighted by molar-refractivity contribution is 0.417. The summed E-state index contributed by atoms with van der Waals surface area (Å²) in [6, 6.07) is 14.9. The molecule has 3 aromatic rings. The van der Waals surface area contributed by atoms with Crippen LogP contribution in [-0.4, -0.2) is 36.4 Å². The molecule has 10 heteroatoms. The number of ether oxygens (including phenoxy) is 1. The monoisotopic (exact) mass is 471 g/mol. The highest BCUT2D eigenvalue weighted by Crippen LogP contribution is 2.43. The molecule has 1 aliphatic rings. The minimum absolute atomic E-state index is 0.190. The Labute approximate surface area is 193 Å². The van der Waals surface area contributed by atoms with Gasteiger partial charge in [0.1, 0.15) is 11.8 Å². The second kappa shape index (κ2) is 8.44. The average Bonchev–Trinajstić information content (AvgIpc) is 3.26. The summed E-state index contributed by atoms with van der Waals surface area (Å²) in [5, 5.41) is 3.94. The minimum Gasteiger partial charge on any atom is -0.495 e. The van der Waals surface area contributed by atoms with Crippen molar-refractivity contribution in [3.63, 3.8) is 0 Å². The van der Waals surface area contributed by atoms with Gasteiger partial charge in [0.15, 0.2) is 5.11 Å². The molecular weight excluding hydrogens is 446 g/mol. The molecule has 2 atom stereocenters. The van der Waals surface area contributed by atoms with Gasteiger partial charge in [-0.05, 0) is 61.6 Å². The summed E-state index contributed by atoms with van der Waals surface area (Å²) in [4.78, 5) is 6.56. The van der Waals surface area contributed by atoms with Crippen molar-refractivity contribution in [1.29, 1.82) is 0 Å². The Kier molecular flexibility index (Phi) is 5.83. The molecule has 1 fully saturated rings. The van der Waals surface area contributed by atoms with Gasteiger partial charge in [0.25, 0.3) is 0 Å². The molecule has 8 nitrogen and oxygen atoms in total. The van der Waals surface area contributed by atoms with Gasteiger partial charge in [0.2, 0.25) is 10.0 Å². The molecule has 1 aliphatic heterocycles. The predicted molar refractivity (Wildman–Crippen MR) is 130 cm³/mol. The Morgan fingerprint density at radius 2 is 1.97 bits per heavy atom. The van der Waals surface area contributed by atoms with Gasteiger partial charge < -0.3 is 19.5 Å². The highest BCUT2D eigenvalue weighted by atomic mass is 32.2. The fraction of sp³-hybridized carbons (Fsp3) is 0.273. The summed E-state index contributed by atoms with van der Waals surface area (Å²) >= 11 is 5.75. The van der Waals surface area contributed by atoms with Crippen molar-refractivity contribution in [1.82, 2.24) is 14.9 Å². The molecule has 0 aliphatic carbocycles. The van der Waals surface area contributed by atoms with Crippen molar-refractivity contribution in [3.05, 3.63) is 71.8 Å². The number of pyridine rings is 1. The zero-order chi connectivity index (χ0) is 23.0. The SMILES string of the molecule is COc1ccc(N2C(=S)N[C@H](c3ccccn3)[C@@H]2c2ccc(C)n2C)cc1NS(C)(=O)=O. The quantitative estimate of drug-likeness (QED) is 0.534. The molecule has 0 amide bonds. The van der Waals surface area contributed by atoms with Crippen LogP contribution >= 0.6 is 12.2 Å². The maximum Gasteiger partial charge on any atom is 0.229 e. The Hall–Kier alpha value is -3.11. The second-order valence-electron chi connectivity index (χ2n) is 7.71. The van der Waals surface area contributed by atoms with Crippen LogP contribution in [0.3, 0.4) is 0 Å². The van der Waals surface area contributed by atoms with E-state index in [1.165, 1.54) is 7.11 Å². The Bertz CT molecular complexity index is 1260. The lowest BCUT2D eigenvalue weighted by Crippen LogP contribution is -2.30. The van der Waals surface area contributed by atoms with Gasteiger partial charge in [-0.1, -0.05) is 6.07 Å². The van der Waals surface area contributed by atoms with Gasteiger partial charge in [0, 0.05) is 30.3 Å². The maximum atomic E-state index is 11.9. The molecule has 3 heterocycles. The number of methoxy groups -OCH3 is 1. The minimum atomic E-state index is -3.50. The van der Waals surface area contributed by atoms with Crippen LogP contribution in [-0.2, 0) is 17.1 Å². The third-order valence-corrected chi connectivity index (χ3v) is 6.47. The number of nitrogens with zero attached hydrogens (tertiary/aromatic N) is 3. The number of aromatic nitrogens is 2. The van der Waals surface area contributed by atoms with E-state index in [1.54, 1.807) is 18.3 Å². The molecule has 4 rings (SSSR count). The molecule has 168 valence electrons. The zero-order valence-electron chi connectivity index (χ0n) is 18.2. The van der Waals surface area contributed by atoms with Crippen LogP contribution in [0.25, 0.3) is 0 Å². The van der Waals surface area contributed by atoms with E-state index in [0.29, 0.717) is 16.5 Å². The van der Waals surface area contributed by atoms with Gasteiger partial charge in [-0.15, -0.1) is 0 Å². The van der Waals surface area contributed by atoms with Gasteiger partial charge in [-0.3, -0.25) is 9.71 Å². The van der Waals surface area contributed by atoms with Crippen LogP contribution in [0.2, 0.25) is 0 Å². The average molecular weight is 472 g/mol. The lowest BCUT2D eigenvalue weighted by atomic mass is 10.0. The van der Waals surface area contributed by atoms with Crippen molar-refractivity contribution >= 4 is 38.7 Å². The highest BCUT2D eigenvalue weighted by Gasteiger charge is 2.42. The van der Waals surface area contributed by atoms with E-state index in [2.05, 4.69) is 31.7 Å². The van der Waals surface area contributed by atoms with Gasteiger partial charge >= 0.3 is 0 Å². The third kappa shape index (κ3) is 4.15. The predicted octanol–water partition coefficient (Wildman–Crippen LogP) is 3.29. The Morgan fingerprint density at radius 3 is 2.56 bits per heavy atom. The molecule has 0 bridgehead atoms. The van der Waals surface area contributed by atoms with E-state index in [-0.39, 0.29) is 12.1 Å². The second-order valence-corrected chi connectivity index (χ2v) is 9.85. The van der Waals surface area contributed by atoms with E-state index in [4.69, 9.17) is 17.0 Å². The van der Waals surface area contributed by atoms with E-state index in [1.807, 2.05) is 43.1 Å². The number of benzene rings is 1. The molecule has 0 unspecified atom stereocenters. The van der Waals surface area contributed by atoms with Gasteiger partial charge in [0.05, 0.1) is 30.8 Å². The molecule has 32 heavy (non-hydrogen) atoms. The van der Waals surface area contributed by atoms with Gasteiger partial charge in [-0.2, -0.15) is 0 Å². The van der Waals surface area contributed by atoms with Crippen LogP contribution < -0.4 is 19.7 Å². The Balaban J connectivity index is 1.85. The summed E-state index contributed by atoms with van der Waals surface area (Å²) in [5.74, 6) is 0.421. The van der Waals surface area contributed by atoms with Crippen molar-refractivity contribution in [2.24, 2.45) is 7.05 Å². The smallest absolute Gasteiger partial charge is 0.229 e.